The van der Waals surface area contributed by atoms with Gasteiger partial charge in [-0.25, -0.2) is 4.39 Å². The monoisotopic (exact) mass is 420 g/mol. The summed E-state index contributed by atoms with van der Waals surface area (Å²) in [5.41, 5.74) is -3.77. The van der Waals surface area contributed by atoms with Crippen molar-refractivity contribution in [2.24, 2.45) is 5.92 Å². The number of alkyl halides is 6. The topological polar surface area (TPSA) is 15.3 Å². The molecule has 1 aliphatic carbocycles. The Balaban J connectivity index is 0.00000261. The molecule has 1 heterocycles. The summed E-state index contributed by atoms with van der Waals surface area (Å²) in [4.78, 5) is 1.77. The Morgan fingerprint density at radius 1 is 0.963 bits per heavy atom. The molecule has 2 aliphatic rings. The number of hydrogen-bond acceptors (Lipinski definition) is 2. The number of rotatable bonds is 3. The zero-order valence-corrected chi connectivity index (χ0v) is 15.1. The van der Waals surface area contributed by atoms with Crippen molar-refractivity contribution >= 4 is 12.4 Å². The molecular formula is C17H20ClF7N2. The van der Waals surface area contributed by atoms with E-state index in [2.05, 4.69) is 5.32 Å². The molecule has 0 radical (unpaired) electrons. The van der Waals surface area contributed by atoms with Gasteiger partial charge in [-0.1, -0.05) is 6.42 Å². The van der Waals surface area contributed by atoms with Crippen molar-refractivity contribution in [3.8, 4) is 0 Å². The SMILES string of the molecule is Cl.Fc1cc(C(F)(F)F)cc(C(F)(F)F)c1[C@@H](C1CCC1)N1CCNCC1. The van der Waals surface area contributed by atoms with Crippen LogP contribution in [0.2, 0.25) is 0 Å². The molecule has 2 fully saturated rings. The van der Waals surface area contributed by atoms with Gasteiger partial charge in [0.2, 0.25) is 0 Å². The van der Waals surface area contributed by atoms with Crippen LogP contribution in [0.15, 0.2) is 12.1 Å². The fourth-order valence-corrected chi connectivity index (χ4v) is 3.75. The molecule has 0 unspecified atom stereocenters. The molecule has 1 saturated heterocycles. The van der Waals surface area contributed by atoms with E-state index in [0.29, 0.717) is 39.0 Å². The molecule has 1 aromatic rings. The molecular weight excluding hydrogens is 401 g/mol. The molecule has 1 aromatic carbocycles. The average Bonchev–Trinajstić information content (AvgIpc) is 2.49. The quantitative estimate of drug-likeness (QED) is 0.690. The van der Waals surface area contributed by atoms with Gasteiger partial charge in [0.1, 0.15) is 5.82 Å². The van der Waals surface area contributed by atoms with E-state index in [1.165, 1.54) is 0 Å². The van der Waals surface area contributed by atoms with Crippen LogP contribution in [0.3, 0.4) is 0 Å². The highest BCUT2D eigenvalue weighted by Crippen LogP contribution is 2.47. The highest BCUT2D eigenvalue weighted by atomic mass is 35.5. The summed E-state index contributed by atoms with van der Waals surface area (Å²) in [7, 11) is 0. The molecule has 3 rings (SSSR count). The summed E-state index contributed by atoms with van der Waals surface area (Å²) in [6, 6.07) is -0.616. The van der Waals surface area contributed by atoms with Gasteiger partial charge in [0, 0.05) is 37.8 Å². The second-order valence-corrected chi connectivity index (χ2v) is 6.84. The minimum absolute atomic E-state index is 0. The van der Waals surface area contributed by atoms with Crippen LogP contribution in [0.1, 0.15) is 42.0 Å². The zero-order valence-electron chi connectivity index (χ0n) is 14.3. The van der Waals surface area contributed by atoms with Crippen LogP contribution in [0.25, 0.3) is 0 Å². The molecule has 1 atom stereocenters. The summed E-state index contributed by atoms with van der Waals surface area (Å²) >= 11 is 0. The second-order valence-electron chi connectivity index (χ2n) is 6.84. The Morgan fingerprint density at radius 3 is 2.00 bits per heavy atom. The van der Waals surface area contributed by atoms with Gasteiger partial charge < -0.3 is 5.32 Å². The second kappa shape index (κ2) is 8.13. The van der Waals surface area contributed by atoms with Crippen molar-refractivity contribution in [2.45, 2.75) is 37.7 Å². The van der Waals surface area contributed by atoms with Crippen LogP contribution >= 0.6 is 12.4 Å². The molecule has 1 saturated carbocycles. The van der Waals surface area contributed by atoms with E-state index in [1.807, 2.05) is 0 Å². The third kappa shape index (κ3) is 4.68. The van der Waals surface area contributed by atoms with Gasteiger partial charge in [-0.3, -0.25) is 4.90 Å². The summed E-state index contributed by atoms with van der Waals surface area (Å²) < 4.78 is 94.0. The van der Waals surface area contributed by atoms with Gasteiger partial charge in [0.05, 0.1) is 11.1 Å². The number of nitrogens with one attached hydrogen (secondary N) is 1. The number of hydrogen-bond donors (Lipinski definition) is 1. The van der Waals surface area contributed by atoms with E-state index < -0.39 is 40.9 Å². The molecule has 154 valence electrons. The Bertz CT molecular complexity index is 650. The first kappa shape index (κ1) is 22.2. The van der Waals surface area contributed by atoms with Crippen LogP contribution in [0.4, 0.5) is 30.7 Å². The molecule has 0 bridgehead atoms. The van der Waals surface area contributed by atoms with Crippen molar-refractivity contribution in [3.63, 3.8) is 0 Å². The normalized spacial score (nSPS) is 20.7. The Kier molecular flexibility index (Phi) is 6.69. The molecule has 10 heteroatoms. The van der Waals surface area contributed by atoms with Crippen LogP contribution < -0.4 is 5.32 Å². The molecule has 0 aromatic heterocycles. The molecule has 0 spiro atoms. The van der Waals surface area contributed by atoms with Gasteiger partial charge in [-0.15, -0.1) is 12.4 Å². The van der Waals surface area contributed by atoms with Gasteiger partial charge in [-0.2, -0.15) is 26.3 Å². The van der Waals surface area contributed by atoms with Crippen molar-refractivity contribution in [1.29, 1.82) is 0 Å². The first-order chi connectivity index (χ1) is 12.1. The maximum absolute atomic E-state index is 14.7. The third-order valence-corrected chi connectivity index (χ3v) is 5.20. The molecule has 27 heavy (non-hydrogen) atoms. The van der Waals surface area contributed by atoms with E-state index in [0.717, 1.165) is 6.42 Å². The number of halogens is 8. The van der Waals surface area contributed by atoms with Gasteiger partial charge in [-0.05, 0) is 30.9 Å². The van der Waals surface area contributed by atoms with E-state index >= 15 is 0 Å². The first-order valence-corrected chi connectivity index (χ1v) is 8.51. The average molecular weight is 421 g/mol. The van der Waals surface area contributed by atoms with Crippen LogP contribution in [0.5, 0.6) is 0 Å². The first-order valence-electron chi connectivity index (χ1n) is 8.51. The minimum atomic E-state index is -5.06. The fourth-order valence-electron chi connectivity index (χ4n) is 3.75. The molecule has 2 nitrogen and oxygen atoms in total. The van der Waals surface area contributed by atoms with Crippen LogP contribution in [-0.2, 0) is 12.4 Å². The van der Waals surface area contributed by atoms with Crippen LogP contribution in [-0.4, -0.2) is 31.1 Å². The van der Waals surface area contributed by atoms with Crippen molar-refractivity contribution < 1.29 is 30.7 Å². The zero-order chi connectivity index (χ0) is 19.1. The smallest absolute Gasteiger partial charge is 0.314 e. The van der Waals surface area contributed by atoms with Crippen molar-refractivity contribution in [1.82, 2.24) is 10.2 Å². The summed E-state index contributed by atoms with van der Waals surface area (Å²) in [6.45, 7) is 1.96. The van der Waals surface area contributed by atoms with Crippen molar-refractivity contribution in [2.75, 3.05) is 26.2 Å². The largest absolute Gasteiger partial charge is 0.416 e. The van der Waals surface area contributed by atoms with Gasteiger partial charge in [0.15, 0.2) is 0 Å². The summed E-state index contributed by atoms with van der Waals surface area (Å²) in [6.07, 6.45) is -7.98. The van der Waals surface area contributed by atoms with E-state index in [4.69, 9.17) is 0 Å². The maximum Gasteiger partial charge on any atom is 0.416 e. The summed E-state index contributed by atoms with van der Waals surface area (Å²) in [5, 5.41) is 3.08. The minimum Gasteiger partial charge on any atom is -0.314 e. The van der Waals surface area contributed by atoms with E-state index in [1.54, 1.807) is 4.90 Å². The van der Waals surface area contributed by atoms with Crippen LogP contribution in [0, 0.1) is 11.7 Å². The number of benzene rings is 1. The Morgan fingerprint density at radius 2 is 1.56 bits per heavy atom. The lowest BCUT2D eigenvalue weighted by Gasteiger charge is -2.44. The van der Waals surface area contributed by atoms with Gasteiger partial charge >= 0.3 is 12.4 Å². The lowest BCUT2D eigenvalue weighted by molar-refractivity contribution is -0.144. The molecule has 0 amide bonds. The maximum atomic E-state index is 14.7. The van der Waals surface area contributed by atoms with E-state index in [-0.39, 0.29) is 30.5 Å². The van der Waals surface area contributed by atoms with Gasteiger partial charge in [0.25, 0.3) is 0 Å². The highest BCUT2D eigenvalue weighted by Gasteiger charge is 2.45. The lowest BCUT2D eigenvalue weighted by Crippen LogP contribution is -2.48. The molecule has 1 aliphatic heterocycles. The molecule has 1 N–H and O–H groups in total. The Labute approximate surface area is 158 Å². The predicted molar refractivity (Wildman–Crippen MR) is 88.2 cm³/mol. The number of nitrogens with zero attached hydrogens (tertiary/aromatic N) is 1. The standard InChI is InChI=1S/C17H19F7N2.ClH/c18-13-9-11(16(19,20)21)8-12(17(22,23)24)14(13)15(10-2-1-3-10)26-6-4-25-5-7-26;/h8-10,15,25H,1-7H2;1H/t15-;/m1./s1. The fraction of sp³-hybridized carbons (Fsp3) is 0.647. The summed E-state index contributed by atoms with van der Waals surface area (Å²) in [5.74, 6) is -1.61. The van der Waals surface area contributed by atoms with Crippen molar-refractivity contribution in [3.05, 3.63) is 34.6 Å². The number of piperazine rings is 1. The third-order valence-electron chi connectivity index (χ3n) is 5.20. The predicted octanol–water partition coefficient (Wildman–Crippen LogP) is 5.03. The highest BCUT2D eigenvalue weighted by molar-refractivity contribution is 5.85. The van der Waals surface area contributed by atoms with E-state index in [9.17, 15) is 30.7 Å². The Hall–Kier alpha value is -1.06. The lowest BCUT2D eigenvalue weighted by atomic mass is 9.75.